The predicted octanol–water partition coefficient (Wildman–Crippen LogP) is 3.21. The SMILES string of the molecule is O=C(CN1C(=O)c2ccccc2C1=O)Nc1nnc(CSCc2ccccc2)s1. The van der Waals surface area contributed by atoms with E-state index in [1.54, 1.807) is 36.0 Å². The van der Waals surface area contributed by atoms with Crippen LogP contribution >= 0.6 is 23.1 Å². The van der Waals surface area contributed by atoms with Crippen molar-refractivity contribution in [2.75, 3.05) is 11.9 Å². The third-order valence-electron chi connectivity index (χ3n) is 4.23. The van der Waals surface area contributed by atoms with Crippen LogP contribution < -0.4 is 5.32 Å². The van der Waals surface area contributed by atoms with Gasteiger partial charge in [-0.15, -0.1) is 22.0 Å². The van der Waals surface area contributed by atoms with E-state index >= 15 is 0 Å². The molecular weight excluding hydrogens is 408 g/mol. The van der Waals surface area contributed by atoms with E-state index in [-0.39, 0.29) is 6.54 Å². The topological polar surface area (TPSA) is 92.3 Å². The normalized spacial score (nSPS) is 12.9. The number of amides is 3. The van der Waals surface area contributed by atoms with Crippen molar-refractivity contribution < 1.29 is 14.4 Å². The molecule has 1 aliphatic rings. The average molecular weight is 425 g/mol. The summed E-state index contributed by atoms with van der Waals surface area (Å²) in [5.74, 6) is 0.133. The van der Waals surface area contributed by atoms with Crippen LogP contribution in [0.25, 0.3) is 0 Å². The van der Waals surface area contributed by atoms with Crippen molar-refractivity contribution in [2.24, 2.45) is 0 Å². The molecule has 0 bridgehead atoms. The maximum atomic E-state index is 12.3. The Morgan fingerprint density at radius 2 is 1.59 bits per heavy atom. The van der Waals surface area contributed by atoms with Gasteiger partial charge < -0.3 is 0 Å². The molecule has 0 aliphatic carbocycles. The molecule has 0 saturated carbocycles. The maximum absolute atomic E-state index is 12.3. The molecule has 3 aromatic rings. The van der Waals surface area contributed by atoms with Crippen LogP contribution in [0.3, 0.4) is 0 Å². The van der Waals surface area contributed by atoms with Crippen LogP contribution in [0.4, 0.5) is 5.13 Å². The van der Waals surface area contributed by atoms with Gasteiger partial charge in [0.05, 0.1) is 11.1 Å². The summed E-state index contributed by atoms with van der Waals surface area (Å²) in [6, 6.07) is 16.7. The second kappa shape index (κ2) is 8.54. The Hall–Kier alpha value is -3.04. The molecule has 0 atom stereocenters. The summed E-state index contributed by atoms with van der Waals surface area (Å²) in [6.45, 7) is -0.357. The third kappa shape index (κ3) is 4.36. The fourth-order valence-corrected chi connectivity index (χ4v) is 4.68. The van der Waals surface area contributed by atoms with Crippen LogP contribution in [0.1, 0.15) is 31.3 Å². The molecule has 1 aromatic heterocycles. The van der Waals surface area contributed by atoms with Gasteiger partial charge in [0.1, 0.15) is 11.6 Å². The highest BCUT2D eigenvalue weighted by molar-refractivity contribution is 7.97. The minimum absolute atomic E-state index is 0.318. The zero-order valence-electron chi connectivity index (χ0n) is 15.2. The first-order valence-electron chi connectivity index (χ1n) is 8.81. The molecule has 2 aromatic carbocycles. The molecule has 2 heterocycles. The lowest BCUT2D eigenvalue weighted by Gasteiger charge is -2.12. The van der Waals surface area contributed by atoms with Crippen molar-refractivity contribution >= 4 is 46.0 Å². The molecule has 0 fully saturated rings. The van der Waals surface area contributed by atoms with Crippen LogP contribution in [0.5, 0.6) is 0 Å². The van der Waals surface area contributed by atoms with Crippen molar-refractivity contribution in [1.82, 2.24) is 15.1 Å². The number of imide groups is 1. The lowest BCUT2D eigenvalue weighted by molar-refractivity contribution is -0.116. The summed E-state index contributed by atoms with van der Waals surface area (Å²) in [7, 11) is 0. The quantitative estimate of drug-likeness (QED) is 0.586. The minimum atomic E-state index is -0.487. The van der Waals surface area contributed by atoms with E-state index < -0.39 is 17.7 Å². The molecule has 0 unspecified atom stereocenters. The first kappa shape index (κ1) is 19.3. The molecule has 1 aliphatic heterocycles. The van der Waals surface area contributed by atoms with Gasteiger partial charge in [0, 0.05) is 11.5 Å². The molecule has 0 spiro atoms. The molecular formula is C20H16N4O3S2. The fourth-order valence-electron chi connectivity index (χ4n) is 2.88. The molecule has 0 radical (unpaired) electrons. The summed E-state index contributed by atoms with van der Waals surface area (Å²) in [6.07, 6.45) is 0. The van der Waals surface area contributed by atoms with Gasteiger partial charge in [0.2, 0.25) is 11.0 Å². The highest BCUT2D eigenvalue weighted by Gasteiger charge is 2.36. The van der Waals surface area contributed by atoms with Crippen molar-refractivity contribution in [2.45, 2.75) is 11.5 Å². The van der Waals surface area contributed by atoms with E-state index in [0.29, 0.717) is 22.0 Å². The maximum Gasteiger partial charge on any atom is 0.262 e. The number of nitrogens with one attached hydrogen (secondary N) is 1. The number of aromatic nitrogens is 2. The molecule has 3 amide bonds. The standard InChI is InChI=1S/C20H16N4O3S2/c25-16(10-24-18(26)14-8-4-5-9-15(14)19(24)27)21-20-23-22-17(29-20)12-28-11-13-6-2-1-3-7-13/h1-9H,10-12H2,(H,21,23,25). The Kier molecular flexibility index (Phi) is 5.68. The second-order valence-corrected chi connectivity index (χ2v) is 8.32. The van der Waals surface area contributed by atoms with Crippen LogP contribution in [0, 0.1) is 0 Å². The number of thioether (sulfide) groups is 1. The Balaban J connectivity index is 1.29. The lowest BCUT2D eigenvalue weighted by Crippen LogP contribution is -2.37. The number of carbonyl (C=O) groups excluding carboxylic acids is 3. The van der Waals surface area contributed by atoms with Crippen LogP contribution in [0.15, 0.2) is 54.6 Å². The van der Waals surface area contributed by atoms with Gasteiger partial charge in [-0.05, 0) is 17.7 Å². The van der Waals surface area contributed by atoms with E-state index in [9.17, 15) is 14.4 Å². The van der Waals surface area contributed by atoms with Crippen LogP contribution in [0.2, 0.25) is 0 Å². The Morgan fingerprint density at radius 3 is 2.28 bits per heavy atom. The van der Waals surface area contributed by atoms with Crippen molar-refractivity contribution in [3.05, 3.63) is 76.3 Å². The van der Waals surface area contributed by atoms with E-state index in [0.717, 1.165) is 15.7 Å². The number of hydrogen-bond acceptors (Lipinski definition) is 7. The number of anilines is 1. The monoisotopic (exact) mass is 424 g/mol. The number of hydrogen-bond donors (Lipinski definition) is 1. The Bertz CT molecular complexity index is 1030. The van der Waals surface area contributed by atoms with Gasteiger partial charge in [-0.3, -0.25) is 24.6 Å². The van der Waals surface area contributed by atoms with Gasteiger partial charge in [-0.25, -0.2) is 0 Å². The van der Waals surface area contributed by atoms with Crippen molar-refractivity contribution in [3.63, 3.8) is 0 Å². The van der Waals surface area contributed by atoms with Gasteiger partial charge >= 0.3 is 0 Å². The molecule has 146 valence electrons. The molecule has 1 N–H and O–H groups in total. The smallest absolute Gasteiger partial charge is 0.262 e. The van der Waals surface area contributed by atoms with E-state index in [2.05, 4.69) is 27.6 Å². The molecule has 7 nitrogen and oxygen atoms in total. The summed E-state index contributed by atoms with van der Waals surface area (Å²) in [4.78, 5) is 37.9. The molecule has 4 rings (SSSR count). The van der Waals surface area contributed by atoms with Gasteiger partial charge in [0.25, 0.3) is 11.8 Å². The predicted molar refractivity (Wildman–Crippen MR) is 112 cm³/mol. The summed E-state index contributed by atoms with van der Waals surface area (Å²) >= 11 is 2.99. The van der Waals surface area contributed by atoms with Crippen molar-refractivity contribution in [1.29, 1.82) is 0 Å². The van der Waals surface area contributed by atoms with E-state index in [4.69, 9.17) is 0 Å². The number of nitrogens with zero attached hydrogens (tertiary/aromatic N) is 3. The minimum Gasteiger partial charge on any atom is -0.299 e. The largest absolute Gasteiger partial charge is 0.299 e. The summed E-state index contributed by atoms with van der Waals surface area (Å²) in [5, 5.41) is 11.8. The average Bonchev–Trinajstić information content (AvgIpc) is 3.27. The third-order valence-corrected chi connectivity index (χ3v) is 6.27. The highest BCUT2D eigenvalue weighted by atomic mass is 32.2. The highest BCUT2D eigenvalue weighted by Crippen LogP contribution is 2.24. The zero-order chi connectivity index (χ0) is 20.2. The zero-order valence-corrected chi connectivity index (χ0v) is 16.8. The molecule has 29 heavy (non-hydrogen) atoms. The molecule has 0 saturated heterocycles. The Morgan fingerprint density at radius 1 is 0.931 bits per heavy atom. The number of rotatable bonds is 7. The molecule has 9 heteroatoms. The second-order valence-electron chi connectivity index (χ2n) is 6.27. The Labute approximate surface area is 175 Å². The van der Waals surface area contributed by atoms with Crippen LogP contribution in [-0.2, 0) is 16.3 Å². The first-order valence-corrected chi connectivity index (χ1v) is 10.8. The van der Waals surface area contributed by atoms with E-state index in [1.807, 2.05) is 18.2 Å². The number of carbonyl (C=O) groups is 3. The van der Waals surface area contributed by atoms with E-state index in [1.165, 1.54) is 16.9 Å². The van der Waals surface area contributed by atoms with Crippen LogP contribution in [-0.4, -0.2) is 39.4 Å². The fraction of sp³-hybridized carbons (Fsp3) is 0.150. The summed E-state index contributed by atoms with van der Waals surface area (Å²) < 4.78 is 0. The van der Waals surface area contributed by atoms with Gasteiger partial charge in [0.15, 0.2) is 0 Å². The number of benzene rings is 2. The van der Waals surface area contributed by atoms with Gasteiger partial charge in [-0.2, -0.15) is 0 Å². The van der Waals surface area contributed by atoms with Crippen molar-refractivity contribution in [3.8, 4) is 0 Å². The van der Waals surface area contributed by atoms with Gasteiger partial charge in [-0.1, -0.05) is 53.8 Å². The first-order chi connectivity index (χ1) is 14.1. The number of fused-ring (bicyclic) bond motifs is 1. The lowest BCUT2D eigenvalue weighted by atomic mass is 10.1. The summed E-state index contributed by atoms with van der Waals surface area (Å²) in [5.41, 5.74) is 1.87.